The fraction of sp³-hybridized carbons (Fsp3) is 0.500. The predicted octanol–water partition coefficient (Wildman–Crippen LogP) is 2.82. The lowest BCUT2D eigenvalue weighted by atomic mass is 9.97. The minimum absolute atomic E-state index is 0.0432. The van der Waals surface area contributed by atoms with Gasteiger partial charge in [0.15, 0.2) is 11.6 Å². The van der Waals surface area contributed by atoms with E-state index in [4.69, 9.17) is 22.1 Å². The van der Waals surface area contributed by atoms with Crippen molar-refractivity contribution in [1.29, 1.82) is 0 Å². The second-order valence-electron chi connectivity index (χ2n) is 7.90. The first kappa shape index (κ1) is 21.5. The van der Waals surface area contributed by atoms with Crippen molar-refractivity contribution < 1.29 is 9.53 Å². The van der Waals surface area contributed by atoms with Crippen molar-refractivity contribution in [2.24, 2.45) is 5.92 Å². The number of halogens is 1. The largest absolute Gasteiger partial charge is 0.466 e. The quantitative estimate of drug-likeness (QED) is 0.704. The molecule has 2 fully saturated rings. The minimum Gasteiger partial charge on any atom is -0.466 e. The van der Waals surface area contributed by atoms with Crippen molar-refractivity contribution in [2.45, 2.75) is 19.8 Å². The first-order chi connectivity index (χ1) is 15.1. The van der Waals surface area contributed by atoms with Crippen LogP contribution in [0.3, 0.4) is 0 Å². The van der Waals surface area contributed by atoms with Gasteiger partial charge in [-0.2, -0.15) is 0 Å². The Bertz CT molecular complexity index is 911. The normalized spacial score (nSPS) is 17.7. The molecule has 0 spiro atoms. The summed E-state index contributed by atoms with van der Waals surface area (Å²) in [6.07, 6.45) is 3.08. The molecule has 1 aromatic carbocycles. The average Bonchev–Trinajstić information content (AvgIpc) is 2.80. The Balaban J connectivity index is 1.40. The molecule has 9 heteroatoms. The molecule has 0 amide bonds. The zero-order valence-electron chi connectivity index (χ0n) is 17.8. The number of nitrogen functional groups attached to an aromatic ring is 1. The zero-order valence-corrected chi connectivity index (χ0v) is 18.6. The van der Waals surface area contributed by atoms with Gasteiger partial charge in [-0.3, -0.25) is 4.79 Å². The highest BCUT2D eigenvalue weighted by Gasteiger charge is 2.29. The van der Waals surface area contributed by atoms with Crippen LogP contribution in [0.25, 0.3) is 0 Å². The van der Waals surface area contributed by atoms with Gasteiger partial charge >= 0.3 is 5.97 Å². The molecule has 8 nitrogen and oxygen atoms in total. The second kappa shape index (κ2) is 9.60. The van der Waals surface area contributed by atoms with Gasteiger partial charge in [0.2, 0.25) is 0 Å². The number of hydrogen-bond donors (Lipinski definition) is 1. The van der Waals surface area contributed by atoms with E-state index in [9.17, 15) is 4.79 Å². The van der Waals surface area contributed by atoms with Crippen LogP contribution in [0.15, 0.2) is 30.6 Å². The fourth-order valence-corrected chi connectivity index (χ4v) is 4.50. The topological polar surface area (TPSA) is 87.8 Å². The van der Waals surface area contributed by atoms with Gasteiger partial charge in [-0.15, -0.1) is 0 Å². The Morgan fingerprint density at radius 3 is 2.29 bits per heavy atom. The van der Waals surface area contributed by atoms with Gasteiger partial charge in [-0.25, -0.2) is 9.97 Å². The number of benzene rings is 1. The van der Waals surface area contributed by atoms with Gasteiger partial charge in [0.25, 0.3) is 0 Å². The highest BCUT2D eigenvalue weighted by molar-refractivity contribution is 6.30. The molecule has 2 aliphatic heterocycles. The number of carbonyl (C=O) groups excluding carboxylic acids is 1. The van der Waals surface area contributed by atoms with Crippen molar-refractivity contribution in [1.82, 2.24) is 9.97 Å². The average molecular weight is 445 g/mol. The van der Waals surface area contributed by atoms with E-state index in [1.807, 2.05) is 25.1 Å². The maximum absolute atomic E-state index is 12.0. The van der Waals surface area contributed by atoms with Gasteiger partial charge in [-0.1, -0.05) is 17.7 Å². The third kappa shape index (κ3) is 4.79. The highest BCUT2D eigenvalue weighted by Crippen LogP contribution is 2.32. The molecule has 3 heterocycles. The monoisotopic (exact) mass is 444 g/mol. The van der Waals surface area contributed by atoms with E-state index in [0.717, 1.165) is 74.5 Å². The maximum Gasteiger partial charge on any atom is 0.309 e. The number of esters is 1. The Kier molecular flexibility index (Phi) is 6.65. The lowest BCUT2D eigenvalue weighted by molar-refractivity contribution is -0.148. The smallest absolute Gasteiger partial charge is 0.309 e. The number of aromatic nitrogens is 2. The number of rotatable bonds is 5. The van der Waals surface area contributed by atoms with Crippen LogP contribution >= 0.6 is 11.6 Å². The molecule has 1 aromatic heterocycles. The SMILES string of the molecule is CCOC(=O)C1CCN(c2ncnc(N3CCN(c4cccc(Cl)c4)CC3)c2N)CC1. The van der Waals surface area contributed by atoms with E-state index in [0.29, 0.717) is 12.3 Å². The first-order valence-electron chi connectivity index (χ1n) is 10.8. The second-order valence-corrected chi connectivity index (χ2v) is 8.34. The number of nitrogens with zero attached hydrogens (tertiary/aromatic N) is 5. The van der Waals surface area contributed by atoms with Crippen LogP contribution in [0.2, 0.25) is 5.02 Å². The molecule has 2 aliphatic rings. The third-order valence-corrected chi connectivity index (χ3v) is 6.24. The molecule has 166 valence electrons. The summed E-state index contributed by atoms with van der Waals surface area (Å²) in [5.41, 5.74) is 8.26. The number of hydrogen-bond acceptors (Lipinski definition) is 8. The van der Waals surface area contributed by atoms with Crippen molar-refractivity contribution in [2.75, 3.05) is 66.3 Å². The van der Waals surface area contributed by atoms with Crippen LogP contribution in [0.4, 0.5) is 23.0 Å². The first-order valence-corrected chi connectivity index (χ1v) is 11.2. The predicted molar refractivity (Wildman–Crippen MR) is 124 cm³/mol. The maximum atomic E-state index is 12.0. The van der Waals surface area contributed by atoms with Crippen molar-refractivity contribution in [3.05, 3.63) is 35.6 Å². The zero-order chi connectivity index (χ0) is 21.8. The van der Waals surface area contributed by atoms with E-state index in [1.54, 1.807) is 6.33 Å². The summed E-state index contributed by atoms with van der Waals surface area (Å²) in [7, 11) is 0. The fourth-order valence-electron chi connectivity index (χ4n) is 4.32. The number of piperazine rings is 1. The molecule has 0 bridgehead atoms. The summed E-state index contributed by atoms with van der Waals surface area (Å²) in [5.74, 6) is 1.39. The van der Waals surface area contributed by atoms with E-state index in [-0.39, 0.29) is 11.9 Å². The van der Waals surface area contributed by atoms with Crippen molar-refractivity contribution in [3.63, 3.8) is 0 Å². The third-order valence-electron chi connectivity index (χ3n) is 6.01. The van der Waals surface area contributed by atoms with Crippen LogP contribution in [0.1, 0.15) is 19.8 Å². The Labute approximate surface area is 187 Å². The van der Waals surface area contributed by atoms with Gasteiger partial charge in [0.1, 0.15) is 12.0 Å². The van der Waals surface area contributed by atoms with E-state index < -0.39 is 0 Å². The number of carbonyl (C=O) groups is 1. The summed E-state index contributed by atoms with van der Waals surface area (Å²) in [6, 6.07) is 7.94. The lowest BCUT2D eigenvalue weighted by Gasteiger charge is -2.38. The van der Waals surface area contributed by atoms with Crippen molar-refractivity contribution in [3.8, 4) is 0 Å². The Morgan fingerprint density at radius 1 is 1.06 bits per heavy atom. The molecular weight excluding hydrogens is 416 g/mol. The van der Waals surface area contributed by atoms with Crippen LogP contribution < -0.4 is 20.4 Å². The highest BCUT2D eigenvalue weighted by atomic mass is 35.5. The molecule has 0 saturated carbocycles. The summed E-state index contributed by atoms with van der Waals surface area (Å²) in [6.45, 7) is 7.08. The molecule has 0 aliphatic carbocycles. The minimum atomic E-state index is -0.101. The summed E-state index contributed by atoms with van der Waals surface area (Å²) < 4.78 is 5.17. The van der Waals surface area contributed by atoms with E-state index >= 15 is 0 Å². The molecule has 4 rings (SSSR count). The Morgan fingerprint density at radius 2 is 1.68 bits per heavy atom. The standard InChI is InChI=1S/C22H29ClN6O2/c1-2-31-22(30)16-6-8-28(9-7-16)20-19(24)21(26-15-25-20)29-12-10-27(11-13-29)18-5-3-4-17(23)14-18/h3-5,14-16H,2,6-13,24H2,1H3. The summed E-state index contributed by atoms with van der Waals surface area (Å²) in [5, 5.41) is 0.747. The van der Waals surface area contributed by atoms with Crippen LogP contribution in [0.5, 0.6) is 0 Å². The van der Waals surface area contributed by atoms with E-state index in [2.05, 4.69) is 30.7 Å². The molecule has 2 saturated heterocycles. The Hall–Kier alpha value is -2.74. The molecule has 2 N–H and O–H groups in total. The molecule has 0 atom stereocenters. The molecule has 0 unspecified atom stereocenters. The van der Waals surface area contributed by atoms with Gasteiger partial charge < -0.3 is 25.2 Å². The molecule has 2 aromatic rings. The number of nitrogens with two attached hydrogens (primary N) is 1. The van der Waals surface area contributed by atoms with Crippen LogP contribution in [-0.2, 0) is 9.53 Å². The van der Waals surface area contributed by atoms with Crippen molar-refractivity contribution >= 4 is 40.6 Å². The van der Waals surface area contributed by atoms with Gasteiger partial charge in [0, 0.05) is 50.0 Å². The number of anilines is 4. The van der Waals surface area contributed by atoms with Gasteiger partial charge in [-0.05, 0) is 38.0 Å². The molecular formula is C22H29ClN6O2. The van der Waals surface area contributed by atoms with Crippen LogP contribution in [-0.4, -0.2) is 61.8 Å². The number of ether oxygens (including phenoxy) is 1. The van der Waals surface area contributed by atoms with Crippen LogP contribution in [0, 0.1) is 5.92 Å². The summed E-state index contributed by atoms with van der Waals surface area (Å²) in [4.78, 5) is 27.6. The van der Waals surface area contributed by atoms with Gasteiger partial charge in [0.05, 0.1) is 12.5 Å². The number of piperidine rings is 1. The summed E-state index contributed by atoms with van der Waals surface area (Å²) >= 11 is 6.14. The molecule has 31 heavy (non-hydrogen) atoms. The molecule has 0 radical (unpaired) electrons. The lowest BCUT2D eigenvalue weighted by Crippen LogP contribution is -2.47. The van der Waals surface area contributed by atoms with E-state index in [1.165, 1.54) is 0 Å².